The van der Waals surface area contributed by atoms with Gasteiger partial charge in [0.25, 0.3) is 5.91 Å². The van der Waals surface area contributed by atoms with Crippen LogP contribution in [0.4, 0.5) is 0 Å². The molecule has 110 valence electrons. The van der Waals surface area contributed by atoms with E-state index in [9.17, 15) is 9.90 Å². The van der Waals surface area contributed by atoms with E-state index in [1.54, 1.807) is 20.9 Å². The largest absolute Gasteiger partial charge is 0.389 e. The maximum atomic E-state index is 12.3. The molecule has 0 saturated carbocycles. The molecule has 1 N–H and O–H groups in total. The van der Waals surface area contributed by atoms with Crippen LogP contribution >= 0.6 is 0 Å². The van der Waals surface area contributed by atoms with Crippen molar-refractivity contribution in [3.05, 3.63) is 60.2 Å². The third kappa shape index (κ3) is 4.17. The molecule has 2 rings (SSSR count). The molecule has 2 aromatic rings. The van der Waals surface area contributed by atoms with Gasteiger partial charge in [-0.05, 0) is 37.1 Å². The van der Waals surface area contributed by atoms with Gasteiger partial charge in [-0.1, -0.05) is 42.5 Å². The number of hydrogen-bond acceptors (Lipinski definition) is 2. The zero-order valence-electron chi connectivity index (χ0n) is 12.7. The Balaban J connectivity index is 2.14. The van der Waals surface area contributed by atoms with Crippen LogP contribution in [0.3, 0.4) is 0 Å². The maximum absolute atomic E-state index is 12.3. The molecule has 0 radical (unpaired) electrons. The van der Waals surface area contributed by atoms with Crippen LogP contribution in [0.1, 0.15) is 24.2 Å². The van der Waals surface area contributed by atoms with Crippen LogP contribution in [-0.4, -0.2) is 35.1 Å². The van der Waals surface area contributed by atoms with Crippen LogP contribution in [-0.2, 0) is 0 Å². The Morgan fingerprint density at radius 3 is 2.05 bits per heavy atom. The Labute approximate surface area is 125 Å². The summed E-state index contributed by atoms with van der Waals surface area (Å²) in [7, 11) is 1.70. The second kappa shape index (κ2) is 6.10. The second-order valence-corrected chi connectivity index (χ2v) is 5.92. The van der Waals surface area contributed by atoms with E-state index in [0.29, 0.717) is 12.1 Å². The van der Waals surface area contributed by atoms with E-state index in [2.05, 4.69) is 0 Å². The van der Waals surface area contributed by atoms with E-state index >= 15 is 0 Å². The highest BCUT2D eigenvalue weighted by atomic mass is 16.3. The lowest BCUT2D eigenvalue weighted by Crippen LogP contribution is -2.39. The van der Waals surface area contributed by atoms with Crippen molar-refractivity contribution in [1.29, 1.82) is 0 Å². The standard InChI is InChI=1S/C18H21NO2/c1-18(2,21)13-19(3)17(20)16-11-9-15(10-12-16)14-7-5-4-6-8-14/h4-12,21H,13H2,1-3H3. The lowest BCUT2D eigenvalue weighted by molar-refractivity contribution is 0.0368. The van der Waals surface area contributed by atoms with Crippen LogP contribution in [0.5, 0.6) is 0 Å². The molecule has 0 aliphatic heterocycles. The van der Waals surface area contributed by atoms with E-state index in [-0.39, 0.29) is 5.91 Å². The second-order valence-electron chi connectivity index (χ2n) is 5.92. The van der Waals surface area contributed by atoms with Crippen molar-refractivity contribution in [2.75, 3.05) is 13.6 Å². The lowest BCUT2D eigenvalue weighted by Gasteiger charge is -2.25. The molecule has 0 saturated heterocycles. The van der Waals surface area contributed by atoms with Gasteiger partial charge in [0.2, 0.25) is 0 Å². The fourth-order valence-electron chi connectivity index (χ4n) is 2.31. The lowest BCUT2D eigenvalue weighted by atomic mass is 10.0. The van der Waals surface area contributed by atoms with E-state index in [4.69, 9.17) is 0 Å². The van der Waals surface area contributed by atoms with Gasteiger partial charge in [0.15, 0.2) is 0 Å². The maximum Gasteiger partial charge on any atom is 0.253 e. The minimum Gasteiger partial charge on any atom is -0.389 e. The number of benzene rings is 2. The number of amides is 1. The zero-order valence-corrected chi connectivity index (χ0v) is 12.7. The molecule has 21 heavy (non-hydrogen) atoms. The molecule has 1 amide bonds. The van der Waals surface area contributed by atoms with E-state index in [1.807, 2.05) is 54.6 Å². The van der Waals surface area contributed by atoms with Crippen molar-refractivity contribution < 1.29 is 9.90 Å². The smallest absolute Gasteiger partial charge is 0.253 e. The van der Waals surface area contributed by atoms with Gasteiger partial charge in [-0.2, -0.15) is 0 Å². The first-order valence-corrected chi connectivity index (χ1v) is 7.00. The summed E-state index contributed by atoms with van der Waals surface area (Å²) in [6.45, 7) is 3.68. The Morgan fingerprint density at radius 2 is 1.52 bits per heavy atom. The highest BCUT2D eigenvalue weighted by Crippen LogP contribution is 2.20. The van der Waals surface area contributed by atoms with Gasteiger partial charge in [-0.3, -0.25) is 4.79 Å². The highest BCUT2D eigenvalue weighted by molar-refractivity contribution is 5.94. The molecule has 0 fully saturated rings. The van der Waals surface area contributed by atoms with Gasteiger partial charge in [0.05, 0.1) is 5.60 Å². The summed E-state index contributed by atoms with van der Waals surface area (Å²) in [6.07, 6.45) is 0. The molecule has 3 heteroatoms. The zero-order chi connectivity index (χ0) is 15.5. The van der Waals surface area contributed by atoms with E-state index < -0.39 is 5.60 Å². The normalized spacial score (nSPS) is 11.2. The summed E-state index contributed by atoms with van der Waals surface area (Å²) in [5.41, 5.74) is 1.94. The molecule has 2 aromatic carbocycles. The van der Waals surface area contributed by atoms with Crippen molar-refractivity contribution in [1.82, 2.24) is 4.90 Å². The van der Waals surface area contributed by atoms with Gasteiger partial charge < -0.3 is 10.0 Å². The van der Waals surface area contributed by atoms with Crippen LogP contribution in [0.2, 0.25) is 0 Å². The molecule has 0 unspecified atom stereocenters. The number of aliphatic hydroxyl groups is 1. The summed E-state index contributed by atoms with van der Waals surface area (Å²) in [6, 6.07) is 17.6. The summed E-state index contributed by atoms with van der Waals surface area (Å²) >= 11 is 0. The van der Waals surface area contributed by atoms with Gasteiger partial charge in [0, 0.05) is 19.2 Å². The number of rotatable bonds is 4. The molecule has 0 spiro atoms. The first-order valence-electron chi connectivity index (χ1n) is 7.00. The number of hydrogen-bond donors (Lipinski definition) is 1. The van der Waals surface area contributed by atoms with E-state index in [0.717, 1.165) is 11.1 Å². The summed E-state index contributed by atoms with van der Waals surface area (Å²) in [4.78, 5) is 13.8. The number of nitrogens with zero attached hydrogens (tertiary/aromatic N) is 1. The Hall–Kier alpha value is -2.13. The molecular formula is C18H21NO2. The quantitative estimate of drug-likeness (QED) is 0.936. The van der Waals surface area contributed by atoms with Crippen LogP contribution in [0, 0.1) is 0 Å². The highest BCUT2D eigenvalue weighted by Gasteiger charge is 2.20. The molecule has 3 nitrogen and oxygen atoms in total. The third-order valence-corrected chi connectivity index (χ3v) is 3.21. The molecule has 0 aliphatic rings. The first kappa shape index (κ1) is 15.3. The van der Waals surface area contributed by atoms with Crippen molar-refractivity contribution >= 4 is 5.91 Å². The van der Waals surface area contributed by atoms with Gasteiger partial charge >= 0.3 is 0 Å². The average molecular weight is 283 g/mol. The number of carbonyl (C=O) groups is 1. The summed E-state index contributed by atoms with van der Waals surface area (Å²) in [5, 5.41) is 9.78. The monoisotopic (exact) mass is 283 g/mol. The van der Waals surface area contributed by atoms with Crippen molar-refractivity contribution in [2.24, 2.45) is 0 Å². The summed E-state index contributed by atoms with van der Waals surface area (Å²) < 4.78 is 0. The van der Waals surface area contributed by atoms with Crippen molar-refractivity contribution in [3.63, 3.8) is 0 Å². The van der Waals surface area contributed by atoms with Crippen LogP contribution in [0.15, 0.2) is 54.6 Å². The fraction of sp³-hybridized carbons (Fsp3) is 0.278. The van der Waals surface area contributed by atoms with Gasteiger partial charge in [0.1, 0.15) is 0 Å². The van der Waals surface area contributed by atoms with Crippen LogP contribution in [0.25, 0.3) is 11.1 Å². The van der Waals surface area contributed by atoms with Gasteiger partial charge in [-0.25, -0.2) is 0 Å². The Bertz CT molecular complexity index is 597. The fourth-order valence-corrected chi connectivity index (χ4v) is 2.31. The first-order chi connectivity index (χ1) is 9.87. The Morgan fingerprint density at radius 1 is 1.00 bits per heavy atom. The Kier molecular flexibility index (Phi) is 4.43. The minimum atomic E-state index is -0.894. The van der Waals surface area contributed by atoms with Crippen molar-refractivity contribution in [2.45, 2.75) is 19.4 Å². The van der Waals surface area contributed by atoms with Crippen LogP contribution < -0.4 is 0 Å². The molecule has 0 heterocycles. The molecule has 0 aromatic heterocycles. The van der Waals surface area contributed by atoms with E-state index in [1.165, 1.54) is 4.90 Å². The molecular weight excluding hydrogens is 262 g/mol. The molecule has 0 bridgehead atoms. The SMILES string of the molecule is CN(CC(C)(C)O)C(=O)c1ccc(-c2ccccc2)cc1. The van der Waals surface area contributed by atoms with Gasteiger partial charge in [-0.15, -0.1) is 0 Å². The average Bonchev–Trinajstić information content (AvgIpc) is 2.46. The number of carbonyl (C=O) groups excluding carboxylic acids is 1. The third-order valence-electron chi connectivity index (χ3n) is 3.21. The van der Waals surface area contributed by atoms with Crippen molar-refractivity contribution in [3.8, 4) is 11.1 Å². The number of likely N-dealkylation sites (N-methyl/N-ethyl adjacent to an activating group) is 1. The predicted molar refractivity (Wildman–Crippen MR) is 85.1 cm³/mol. The molecule has 0 atom stereocenters. The molecule has 0 aliphatic carbocycles. The predicted octanol–water partition coefficient (Wildman–Crippen LogP) is 3.20. The topological polar surface area (TPSA) is 40.5 Å². The minimum absolute atomic E-state index is 0.0864. The summed E-state index contributed by atoms with van der Waals surface area (Å²) in [5.74, 6) is -0.0864.